The Hall–Kier alpha value is -1.70. The van der Waals surface area contributed by atoms with Gasteiger partial charge in [0.25, 0.3) is 5.56 Å². The normalized spacial score (nSPS) is 11.4. The Bertz CT molecular complexity index is 813. The van der Waals surface area contributed by atoms with Gasteiger partial charge in [0.2, 0.25) is 5.95 Å². The molecular weight excluding hydrogens is 378 g/mol. The molecule has 23 heavy (non-hydrogen) atoms. The van der Waals surface area contributed by atoms with Crippen molar-refractivity contribution < 1.29 is 13.2 Å². The van der Waals surface area contributed by atoms with E-state index in [4.69, 9.17) is 34.8 Å². The molecule has 0 aliphatic carbocycles. The van der Waals surface area contributed by atoms with Crippen molar-refractivity contribution in [2.45, 2.75) is 6.18 Å². The molecule has 2 rings (SSSR count). The average Bonchev–Trinajstić information content (AvgIpc) is 2.45. The first-order chi connectivity index (χ1) is 10.7. The van der Waals surface area contributed by atoms with E-state index in [1.165, 1.54) is 12.1 Å². The molecule has 0 aliphatic heterocycles. The first-order valence-corrected chi connectivity index (χ1v) is 7.03. The summed E-state index contributed by atoms with van der Waals surface area (Å²) in [6.07, 6.45) is -3.94. The van der Waals surface area contributed by atoms with E-state index < -0.39 is 28.4 Å². The first kappa shape index (κ1) is 17.7. The molecule has 1 heterocycles. The number of benzene rings is 1. The number of nitrogens with one attached hydrogen (secondary N) is 1. The molecule has 0 saturated carbocycles. The van der Waals surface area contributed by atoms with E-state index in [2.05, 4.69) is 16.9 Å². The van der Waals surface area contributed by atoms with Gasteiger partial charge >= 0.3 is 6.18 Å². The molecule has 10 heteroatoms. The van der Waals surface area contributed by atoms with Gasteiger partial charge in [0.05, 0.1) is 15.7 Å². The van der Waals surface area contributed by atoms with E-state index in [0.717, 1.165) is 10.8 Å². The molecule has 0 amide bonds. The molecule has 122 valence electrons. The summed E-state index contributed by atoms with van der Waals surface area (Å²) in [6, 6.07) is 4.48. The van der Waals surface area contributed by atoms with E-state index >= 15 is 0 Å². The van der Waals surface area contributed by atoms with Crippen molar-refractivity contribution in [2.75, 3.05) is 5.32 Å². The molecule has 0 bridgehead atoms. The first-order valence-electron chi connectivity index (χ1n) is 5.89. The van der Waals surface area contributed by atoms with Gasteiger partial charge in [0.1, 0.15) is 5.02 Å². The molecule has 1 aromatic heterocycles. The standard InChI is InChI=1S/C13H7Cl3F3N3O/c1-2-22-11(23)8(16)10(13(17,18)19)21-12(22)20-9-6(14)4-3-5-7(9)15/h2-5H,1H2,(H,20,21). The average molecular weight is 385 g/mol. The molecule has 0 atom stereocenters. The molecule has 0 unspecified atom stereocenters. The second kappa shape index (κ2) is 6.43. The van der Waals surface area contributed by atoms with Crippen molar-refractivity contribution in [1.82, 2.24) is 9.55 Å². The van der Waals surface area contributed by atoms with Crippen LogP contribution in [-0.4, -0.2) is 9.55 Å². The quantitative estimate of drug-likeness (QED) is 0.804. The SMILES string of the molecule is C=Cn1c(Nc2c(Cl)cccc2Cl)nc(C(F)(F)F)c(Cl)c1=O. The van der Waals surface area contributed by atoms with E-state index in [1.807, 2.05) is 0 Å². The molecule has 1 N–H and O–H groups in total. The maximum atomic E-state index is 12.9. The van der Waals surface area contributed by atoms with Crippen LogP contribution in [0.25, 0.3) is 6.20 Å². The van der Waals surface area contributed by atoms with Crippen LogP contribution in [0.15, 0.2) is 29.6 Å². The van der Waals surface area contributed by atoms with Crippen LogP contribution in [0.4, 0.5) is 24.8 Å². The molecule has 0 aliphatic rings. The molecule has 4 nitrogen and oxygen atoms in total. The van der Waals surface area contributed by atoms with Crippen molar-refractivity contribution in [1.29, 1.82) is 0 Å². The molecule has 1 aromatic carbocycles. The Kier molecular flexibility index (Phi) is 4.93. The lowest BCUT2D eigenvalue weighted by Crippen LogP contribution is -2.25. The van der Waals surface area contributed by atoms with Crippen LogP contribution >= 0.6 is 34.8 Å². The summed E-state index contributed by atoms with van der Waals surface area (Å²) in [7, 11) is 0. The fraction of sp³-hybridized carbons (Fsp3) is 0.0769. The Morgan fingerprint density at radius 2 is 1.78 bits per heavy atom. The van der Waals surface area contributed by atoms with Crippen LogP contribution in [0.3, 0.4) is 0 Å². The largest absolute Gasteiger partial charge is 0.435 e. The van der Waals surface area contributed by atoms with Crippen molar-refractivity contribution in [3.63, 3.8) is 0 Å². The lowest BCUT2D eigenvalue weighted by atomic mass is 10.3. The van der Waals surface area contributed by atoms with E-state index in [9.17, 15) is 18.0 Å². The zero-order chi connectivity index (χ0) is 17.4. The number of hydrogen-bond acceptors (Lipinski definition) is 3. The molecule has 0 fully saturated rings. The van der Waals surface area contributed by atoms with Crippen LogP contribution < -0.4 is 10.9 Å². The van der Waals surface area contributed by atoms with Gasteiger partial charge in [-0.15, -0.1) is 0 Å². The number of halogens is 6. The number of nitrogens with zero attached hydrogens (tertiary/aromatic N) is 2. The minimum Gasteiger partial charge on any atom is -0.323 e. The second-order valence-corrected chi connectivity index (χ2v) is 5.37. The number of aromatic nitrogens is 2. The van der Waals surface area contributed by atoms with E-state index in [0.29, 0.717) is 0 Å². The van der Waals surface area contributed by atoms with Crippen LogP contribution in [0.1, 0.15) is 5.69 Å². The van der Waals surface area contributed by atoms with Crippen LogP contribution in [-0.2, 0) is 6.18 Å². The lowest BCUT2D eigenvalue weighted by molar-refractivity contribution is -0.141. The highest BCUT2D eigenvalue weighted by Gasteiger charge is 2.37. The summed E-state index contributed by atoms with van der Waals surface area (Å²) in [5, 5.41) is 1.70. The minimum atomic E-state index is -4.91. The van der Waals surface area contributed by atoms with Gasteiger partial charge in [0.15, 0.2) is 5.69 Å². The molecule has 0 saturated heterocycles. The number of alkyl halides is 3. The van der Waals surface area contributed by atoms with Gasteiger partial charge in [-0.25, -0.2) is 4.98 Å². The molecule has 2 aromatic rings. The maximum Gasteiger partial charge on any atom is 0.435 e. The van der Waals surface area contributed by atoms with E-state index in [-0.39, 0.29) is 15.7 Å². The predicted molar refractivity (Wildman–Crippen MR) is 84.6 cm³/mol. The third-order valence-corrected chi connectivity index (χ3v) is 3.68. The Morgan fingerprint density at radius 3 is 2.26 bits per heavy atom. The van der Waals surface area contributed by atoms with Crippen LogP contribution in [0.2, 0.25) is 15.1 Å². The maximum absolute atomic E-state index is 12.9. The fourth-order valence-corrected chi connectivity index (χ4v) is 2.42. The second-order valence-electron chi connectivity index (χ2n) is 4.18. The zero-order valence-electron chi connectivity index (χ0n) is 11.1. The minimum absolute atomic E-state index is 0.0915. The van der Waals surface area contributed by atoms with Crippen molar-refractivity contribution in [2.24, 2.45) is 0 Å². The smallest absolute Gasteiger partial charge is 0.323 e. The highest BCUT2D eigenvalue weighted by Crippen LogP contribution is 2.35. The van der Waals surface area contributed by atoms with Gasteiger partial charge in [-0.05, 0) is 12.1 Å². The van der Waals surface area contributed by atoms with Gasteiger partial charge in [0, 0.05) is 6.20 Å². The van der Waals surface area contributed by atoms with Crippen LogP contribution in [0.5, 0.6) is 0 Å². The third-order valence-electron chi connectivity index (χ3n) is 2.71. The number of para-hydroxylation sites is 1. The number of anilines is 2. The van der Waals surface area contributed by atoms with Gasteiger partial charge in [-0.1, -0.05) is 47.4 Å². The summed E-state index contributed by atoms with van der Waals surface area (Å²) in [6.45, 7) is 3.35. The molecule has 0 radical (unpaired) electrons. The number of rotatable bonds is 3. The summed E-state index contributed by atoms with van der Waals surface area (Å²) in [5.41, 5.74) is -2.56. The fourth-order valence-electron chi connectivity index (χ4n) is 1.69. The summed E-state index contributed by atoms with van der Waals surface area (Å²) in [5.74, 6) is -0.475. The lowest BCUT2D eigenvalue weighted by Gasteiger charge is -2.16. The van der Waals surface area contributed by atoms with Crippen molar-refractivity contribution >= 4 is 52.6 Å². The van der Waals surface area contributed by atoms with Crippen molar-refractivity contribution in [3.05, 3.63) is 55.9 Å². The molecular formula is C13H7Cl3F3N3O. The highest BCUT2D eigenvalue weighted by atomic mass is 35.5. The Morgan fingerprint density at radius 1 is 1.22 bits per heavy atom. The van der Waals surface area contributed by atoms with Gasteiger partial charge in [-0.2, -0.15) is 13.2 Å². The topological polar surface area (TPSA) is 46.9 Å². The summed E-state index contributed by atoms with van der Waals surface area (Å²) in [4.78, 5) is 15.3. The van der Waals surface area contributed by atoms with Gasteiger partial charge < -0.3 is 5.32 Å². The Labute approximate surface area is 143 Å². The van der Waals surface area contributed by atoms with Crippen LogP contribution in [0, 0.1) is 0 Å². The molecule has 0 spiro atoms. The van der Waals surface area contributed by atoms with E-state index in [1.54, 1.807) is 6.07 Å². The van der Waals surface area contributed by atoms with Gasteiger partial charge in [-0.3, -0.25) is 9.36 Å². The monoisotopic (exact) mass is 383 g/mol. The third kappa shape index (κ3) is 3.46. The number of hydrogen-bond donors (Lipinski definition) is 1. The Balaban J connectivity index is 2.69. The zero-order valence-corrected chi connectivity index (χ0v) is 13.4. The summed E-state index contributed by atoms with van der Waals surface area (Å²) < 4.78 is 39.5. The summed E-state index contributed by atoms with van der Waals surface area (Å²) >= 11 is 17.3. The highest BCUT2D eigenvalue weighted by molar-refractivity contribution is 6.39. The predicted octanol–water partition coefficient (Wildman–Crippen LogP) is 5.07. The van der Waals surface area contributed by atoms with Crippen molar-refractivity contribution in [3.8, 4) is 0 Å².